The van der Waals surface area contributed by atoms with Crippen LogP contribution >= 0.6 is 0 Å². The van der Waals surface area contributed by atoms with Gasteiger partial charge in [0.1, 0.15) is 11.6 Å². The number of ether oxygens (including phenoxy) is 2. The van der Waals surface area contributed by atoms with Crippen molar-refractivity contribution in [3.05, 3.63) is 83.7 Å². The molecule has 284 valence electrons. The molecule has 3 aromatic carbocycles. The molecule has 1 aliphatic rings. The number of sulfonamides is 1. The van der Waals surface area contributed by atoms with Crippen molar-refractivity contribution >= 4 is 33.3 Å². The van der Waals surface area contributed by atoms with Crippen LogP contribution in [-0.4, -0.2) is 86.9 Å². The first-order chi connectivity index (χ1) is 24.5. The highest BCUT2D eigenvalue weighted by atomic mass is 32.2. The molecule has 0 aromatic heterocycles. The van der Waals surface area contributed by atoms with Crippen molar-refractivity contribution in [2.24, 2.45) is 5.92 Å². The molecule has 4 rings (SSSR count). The van der Waals surface area contributed by atoms with Crippen LogP contribution in [0.5, 0.6) is 5.75 Å². The van der Waals surface area contributed by atoms with Crippen molar-refractivity contribution in [1.82, 2.24) is 9.80 Å². The van der Waals surface area contributed by atoms with Gasteiger partial charge < -0.3 is 29.7 Å². The Labute approximate surface area is 300 Å². The summed E-state index contributed by atoms with van der Waals surface area (Å²) in [6.45, 7) is 5.38. The second-order valence-corrected chi connectivity index (χ2v) is 14.6. The average molecular weight is 753 g/mol. The number of carbonyl (C=O) groups is 2. The van der Waals surface area contributed by atoms with Crippen molar-refractivity contribution in [3.8, 4) is 5.75 Å². The molecule has 0 saturated carbocycles. The third kappa shape index (κ3) is 10.8. The Bertz CT molecular complexity index is 1780. The van der Waals surface area contributed by atoms with E-state index in [-0.39, 0.29) is 46.8 Å². The molecule has 0 unspecified atom stereocenters. The lowest BCUT2D eigenvalue weighted by Crippen LogP contribution is -2.48. The van der Waals surface area contributed by atoms with Crippen molar-refractivity contribution in [2.45, 2.75) is 69.4 Å². The van der Waals surface area contributed by atoms with E-state index in [1.165, 1.54) is 35.0 Å². The Morgan fingerprint density at radius 1 is 1.04 bits per heavy atom. The molecule has 1 heterocycles. The fourth-order valence-corrected chi connectivity index (χ4v) is 6.64. The number of anilines is 2. The second kappa shape index (κ2) is 17.4. The zero-order valence-corrected chi connectivity index (χ0v) is 30.1. The predicted molar refractivity (Wildman–Crippen MR) is 187 cm³/mol. The van der Waals surface area contributed by atoms with Gasteiger partial charge in [0.2, 0.25) is 0 Å². The summed E-state index contributed by atoms with van der Waals surface area (Å²) in [6, 6.07) is 11.4. The normalized spacial score (nSPS) is 19.8. The third-order valence-electron chi connectivity index (χ3n) is 8.69. The van der Waals surface area contributed by atoms with E-state index >= 15 is 0 Å². The molecule has 0 radical (unpaired) electrons. The van der Waals surface area contributed by atoms with E-state index in [0.29, 0.717) is 25.9 Å². The van der Waals surface area contributed by atoms with Crippen molar-refractivity contribution in [3.63, 3.8) is 0 Å². The van der Waals surface area contributed by atoms with Gasteiger partial charge >= 0.3 is 12.2 Å². The van der Waals surface area contributed by atoms with Crippen molar-refractivity contribution in [2.75, 3.05) is 43.4 Å². The highest BCUT2D eigenvalue weighted by Crippen LogP contribution is 2.31. The molecule has 4 atom stereocenters. The minimum absolute atomic E-state index is 0.0428. The fourth-order valence-electron chi connectivity index (χ4n) is 5.59. The molecule has 52 heavy (non-hydrogen) atoms. The van der Waals surface area contributed by atoms with Gasteiger partial charge in [-0.15, -0.1) is 0 Å². The number of hydrogen-bond donors (Lipinski definition) is 3. The number of fused-ring (bicyclic) bond motifs is 1. The number of hydrogen-bond acceptors (Lipinski definition) is 7. The number of benzene rings is 3. The largest absolute Gasteiger partial charge is 0.490 e. The van der Waals surface area contributed by atoms with Gasteiger partial charge in [-0.2, -0.15) is 13.2 Å². The maximum Gasteiger partial charge on any atom is 0.416 e. The smallest absolute Gasteiger partial charge is 0.416 e. The Balaban J connectivity index is 1.59. The Hall–Kier alpha value is -4.41. The van der Waals surface area contributed by atoms with Gasteiger partial charge in [0.15, 0.2) is 0 Å². The van der Waals surface area contributed by atoms with Crippen LogP contribution in [0.3, 0.4) is 0 Å². The SMILES string of the molecule is C[C@H]1CCCCO[C@H](CN(C)C(=O)Nc2ccc(C(F)(F)F)cc2)[C@@H](C)CN([C@@H](C)CO)C(=O)c2cc(NS(=O)(=O)c3ccc(F)cc3)ccc2O1. The number of likely N-dealkylation sites (N-methyl/N-ethyl adjacent to an activating group) is 1. The van der Waals surface area contributed by atoms with E-state index in [9.17, 15) is 40.7 Å². The van der Waals surface area contributed by atoms with Crippen LogP contribution in [-0.2, 0) is 20.9 Å². The number of aliphatic hydroxyl groups excluding tert-OH is 1. The zero-order valence-electron chi connectivity index (χ0n) is 29.3. The van der Waals surface area contributed by atoms with Gasteiger partial charge in [-0.25, -0.2) is 17.6 Å². The van der Waals surface area contributed by atoms with Crippen LogP contribution in [0.1, 0.15) is 56.0 Å². The summed E-state index contributed by atoms with van der Waals surface area (Å²) in [5.41, 5.74) is -0.572. The average Bonchev–Trinajstić information content (AvgIpc) is 3.09. The lowest BCUT2D eigenvalue weighted by atomic mass is 10.0. The lowest BCUT2D eigenvalue weighted by molar-refractivity contribution is -0.137. The summed E-state index contributed by atoms with van der Waals surface area (Å²) < 4.78 is 93.5. The Kier molecular flexibility index (Phi) is 13.5. The quantitative estimate of drug-likeness (QED) is 0.221. The van der Waals surface area contributed by atoms with Crippen LogP contribution in [0.4, 0.5) is 33.7 Å². The highest BCUT2D eigenvalue weighted by Gasteiger charge is 2.32. The molecule has 0 aliphatic carbocycles. The molecular weight excluding hydrogens is 708 g/mol. The molecule has 3 aromatic rings. The van der Waals surface area contributed by atoms with E-state index in [1.807, 2.05) is 13.8 Å². The van der Waals surface area contributed by atoms with Gasteiger partial charge in [0.25, 0.3) is 15.9 Å². The van der Waals surface area contributed by atoms with Gasteiger partial charge in [-0.3, -0.25) is 9.52 Å². The number of halogens is 4. The molecular formula is C36H44F4N4O7S. The molecule has 0 saturated heterocycles. The molecule has 0 spiro atoms. The van der Waals surface area contributed by atoms with E-state index in [4.69, 9.17) is 9.47 Å². The van der Waals surface area contributed by atoms with Crippen LogP contribution in [0.15, 0.2) is 71.6 Å². The van der Waals surface area contributed by atoms with E-state index in [2.05, 4.69) is 10.0 Å². The maximum absolute atomic E-state index is 14.3. The number of aliphatic hydroxyl groups is 1. The molecule has 11 nitrogen and oxygen atoms in total. The summed E-state index contributed by atoms with van der Waals surface area (Å²) in [4.78, 5) is 30.0. The topological polar surface area (TPSA) is 138 Å². The minimum Gasteiger partial charge on any atom is -0.490 e. The first-order valence-electron chi connectivity index (χ1n) is 16.8. The number of amides is 3. The summed E-state index contributed by atoms with van der Waals surface area (Å²) >= 11 is 0. The molecule has 0 bridgehead atoms. The molecule has 0 fully saturated rings. The van der Waals surface area contributed by atoms with Crippen LogP contribution < -0.4 is 14.8 Å². The summed E-state index contributed by atoms with van der Waals surface area (Å²) in [6.07, 6.45) is -3.49. The number of nitrogens with one attached hydrogen (secondary N) is 2. The van der Waals surface area contributed by atoms with E-state index in [1.54, 1.807) is 6.92 Å². The number of alkyl halides is 3. The maximum atomic E-state index is 14.3. The molecule has 3 N–H and O–H groups in total. The van der Waals surface area contributed by atoms with Gasteiger partial charge in [-0.05, 0) is 99.8 Å². The van der Waals surface area contributed by atoms with E-state index in [0.717, 1.165) is 48.5 Å². The number of carbonyl (C=O) groups excluding carboxylic acids is 2. The highest BCUT2D eigenvalue weighted by molar-refractivity contribution is 7.92. The first-order valence-corrected chi connectivity index (χ1v) is 18.3. The van der Waals surface area contributed by atoms with Crippen molar-refractivity contribution in [1.29, 1.82) is 0 Å². The van der Waals surface area contributed by atoms with Crippen LogP contribution in [0.25, 0.3) is 0 Å². The predicted octanol–water partition coefficient (Wildman–Crippen LogP) is 6.60. The van der Waals surface area contributed by atoms with Gasteiger partial charge in [0, 0.05) is 44.0 Å². The third-order valence-corrected chi connectivity index (χ3v) is 10.1. The van der Waals surface area contributed by atoms with Crippen LogP contribution in [0, 0.1) is 11.7 Å². The Morgan fingerprint density at radius 3 is 2.33 bits per heavy atom. The number of nitrogens with zero attached hydrogens (tertiary/aromatic N) is 2. The first kappa shape index (κ1) is 40.4. The molecule has 1 aliphatic heterocycles. The Morgan fingerprint density at radius 2 is 1.69 bits per heavy atom. The summed E-state index contributed by atoms with van der Waals surface area (Å²) in [5, 5.41) is 12.8. The van der Waals surface area contributed by atoms with Crippen LogP contribution in [0.2, 0.25) is 0 Å². The monoisotopic (exact) mass is 752 g/mol. The zero-order chi connectivity index (χ0) is 38.2. The second-order valence-electron chi connectivity index (χ2n) is 13.0. The van der Waals surface area contributed by atoms with E-state index < -0.39 is 64.2 Å². The van der Waals surface area contributed by atoms with Gasteiger partial charge in [0.05, 0.1) is 40.9 Å². The fraction of sp³-hybridized carbons (Fsp3) is 0.444. The summed E-state index contributed by atoms with van der Waals surface area (Å²) in [5.74, 6) is -1.35. The summed E-state index contributed by atoms with van der Waals surface area (Å²) in [7, 11) is -2.63. The molecule has 16 heteroatoms. The number of rotatable bonds is 8. The standard InChI is InChI=1S/C36H44F4N4O7S/c1-23-20-44(24(2)22-45)34(46)31-19-29(42-52(48,49)30-15-10-27(37)11-16-30)14-17-32(31)51-25(3)7-5-6-18-50-33(23)21-43(4)35(47)41-28-12-8-26(9-13-28)36(38,39)40/h8-17,19,23-25,33,42,45H,5-7,18,20-22H2,1-4H3,(H,41,47)/t23-,24-,25-,33+/m0/s1. The van der Waals surface area contributed by atoms with Crippen molar-refractivity contribution < 1.29 is 50.1 Å². The number of urea groups is 1. The van der Waals surface area contributed by atoms with Gasteiger partial charge in [-0.1, -0.05) is 6.92 Å². The minimum atomic E-state index is -4.51. The lowest BCUT2D eigenvalue weighted by Gasteiger charge is -2.35. The molecule has 3 amide bonds.